The average molecular weight is 263 g/mol. The van der Waals surface area contributed by atoms with E-state index in [0.29, 0.717) is 12.0 Å². The smallest absolute Gasteiger partial charge is 0.0343 e. The molecule has 0 amide bonds. The van der Waals surface area contributed by atoms with Crippen molar-refractivity contribution in [1.29, 1.82) is 0 Å². The summed E-state index contributed by atoms with van der Waals surface area (Å²) in [7, 11) is 0. The second-order valence-electron chi connectivity index (χ2n) is 5.60. The van der Waals surface area contributed by atoms with Crippen LogP contribution in [0, 0.1) is 11.8 Å². The Bertz CT molecular complexity index is 330. The molecule has 1 atom stereocenters. The van der Waals surface area contributed by atoms with Gasteiger partial charge in [-0.2, -0.15) is 11.8 Å². The van der Waals surface area contributed by atoms with E-state index in [1.807, 2.05) is 0 Å². The van der Waals surface area contributed by atoms with E-state index in [2.05, 4.69) is 61.3 Å². The molecule has 0 aliphatic carbocycles. The summed E-state index contributed by atoms with van der Waals surface area (Å²) in [5.41, 5.74) is 1.43. The maximum absolute atomic E-state index is 3.80. The molecule has 18 heavy (non-hydrogen) atoms. The minimum Gasteiger partial charge on any atom is -0.309 e. The number of hydrogen-bond acceptors (Lipinski definition) is 2. The number of nitrogens with one attached hydrogen (secondary N) is 1. The first-order valence-electron chi connectivity index (χ1n) is 7.13. The summed E-state index contributed by atoms with van der Waals surface area (Å²) < 4.78 is 0. The molecule has 1 fully saturated rings. The SMILES string of the molecule is CC(C)C(NCC1CCSCC1)c1ccccc1. The second-order valence-corrected chi connectivity index (χ2v) is 6.82. The Kier molecular flexibility index (Phi) is 5.58. The maximum atomic E-state index is 3.80. The summed E-state index contributed by atoms with van der Waals surface area (Å²) in [6.45, 7) is 5.79. The van der Waals surface area contributed by atoms with Crippen LogP contribution in [0.4, 0.5) is 0 Å². The van der Waals surface area contributed by atoms with E-state index < -0.39 is 0 Å². The van der Waals surface area contributed by atoms with Crippen molar-refractivity contribution in [1.82, 2.24) is 5.32 Å². The predicted octanol–water partition coefficient (Wildman–Crippen LogP) is 4.12. The van der Waals surface area contributed by atoms with Gasteiger partial charge in [-0.1, -0.05) is 44.2 Å². The first-order chi connectivity index (χ1) is 8.77. The zero-order valence-corrected chi connectivity index (χ0v) is 12.4. The van der Waals surface area contributed by atoms with Crippen molar-refractivity contribution in [3.05, 3.63) is 35.9 Å². The highest BCUT2D eigenvalue weighted by molar-refractivity contribution is 7.99. The molecule has 1 aliphatic rings. The molecule has 2 heteroatoms. The molecule has 1 nitrogen and oxygen atoms in total. The van der Waals surface area contributed by atoms with Crippen LogP contribution in [0.25, 0.3) is 0 Å². The first-order valence-corrected chi connectivity index (χ1v) is 8.29. The number of rotatable bonds is 5. The van der Waals surface area contributed by atoms with Gasteiger partial charge in [0.1, 0.15) is 0 Å². The highest BCUT2D eigenvalue weighted by Gasteiger charge is 2.18. The van der Waals surface area contributed by atoms with Crippen LogP contribution in [0.5, 0.6) is 0 Å². The van der Waals surface area contributed by atoms with Gasteiger partial charge >= 0.3 is 0 Å². The van der Waals surface area contributed by atoms with Crippen LogP contribution < -0.4 is 5.32 Å². The summed E-state index contributed by atoms with van der Waals surface area (Å²) >= 11 is 2.11. The molecule has 0 radical (unpaired) electrons. The molecule has 1 heterocycles. The maximum Gasteiger partial charge on any atom is 0.0343 e. The van der Waals surface area contributed by atoms with Crippen LogP contribution in [0.1, 0.15) is 38.3 Å². The third-order valence-corrected chi connectivity index (χ3v) is 4.84. The van der Waals surface area contributed by atoms with Crippen LogP contribution in [-0.4, -0.2) is 18.1 Å². The lowest BCUT2D eigenvalue weighted by Gasteiger charge is -2.28. The number of thioether (sulfide) groups is 1. The van der Waals surface area contributed by atoms with E-state index in [-0.39, 0.29) is 0 Å². The highest BCUT2D eigenvalue weighted by Crippen LogP contribution is 2.25. The van der Waals surface area contributed by atoms with Crippen LogP contribution in [0.15, 0.2) is 30.3 Å². The van der Waals surface area contributed by atoms with Crippen LogP contribution >= 0.6 is 11.8 Å². The molecule has 0 aromatic heterocycles. The van der Waals surface area contributed by atoms with Crippen LogP contribution in [-0.2, 0) is 0 Å². The lowest BCUT2D eigenvalue weighted by atomic mass is 9.94. The Balaban J connectivity index is 1.90. The number of benzene rings is 1. The van der Waals surface area contributed by atoms with E-state index in [0.717, 1.165) is 5.92 Å². The summed E-state index contributed by atoms with van der Waals surface area (Å²) in [4.78, 5) is 0. The third-order valence-electron chi connectivity index (χ3n) is 3.79. The van der Waals surface area contributed by atoms with Gasteiger partial charge in [-0.25, -0.2) is 0 Å². The Morgan fingerprint density at radius 2 is 1.83 bits per heavy atom. The zero-order valence-electron chi connectivity index (χ0n) is 11.6. The highest BCUT2D eigenvalue weighted by atomic mass is 32.2. The van der Waals surface area contributed by atoms with Gasteiger partial charge in [-0.3, -0.25) is 0 Å². The van der Waals surface area contributed by atoms with Gasteiger partial charge in [0.15, 0.2) is 0 Å². The molecular formula is C16H25NS. The molecule has 1 aromatic rings. The Morgan fingerprint density at radius 3 is 2.44 bits per heavy atom. The predicted molar refractivity (Wildman–Crippen MR) is 82.1 cm³/mol. The van der Waals surface area contributed by atoms with Crippen molar-refractivity contribution in [2.75, 3.05) is 18.1 Å². The molecule has 2 rings (SSSR count). The van der Waals surface area contributed by atoms with Crippen molar-refractivity contribution < 1.29 is 0 Å². The average Bonchev–Trinajstić information content (AvgIpc) is 2.41. The van der Waals surface area contributed by atoms with E-state index >= 15 is 0 Å². The molecule has 1 aliphatic heterocycles. The molecule has 0 saturated carbocycles. The van der Waals surface area contributed by atoms with Crippen molar-refractivity contribution in [2.45, 2.75) is 32.7 Å². The standard InChI is InChI=1S/C16H25NS/c1-13(2)16(15-6-4-3-5-7-15)17-12-14-8-10-18-11-9-14/h3-7,13-14,16-17H,8-12H2,1-2H3. The molecular weight excluding hydrogens is 238 g/mol. The largest absolute Gasteiger partial charge is 0.309 e. The van der Waals surface area contributed by atoms with Crippen LogP contribution in [0.3, 0.4) is 0 Å². The summed E-state index contributed by atoms with van der Waals surface area (Å²) in [6, 6.07) is 11.4. The topological polar surface area (TPSA) is 12.0 Å². The van der Waals surface area contributed by atoms with E-state index in [1.165, 1.54) is 36.5 Å². The minimum atomic E-state index is 0.501. The van der Waals surface area contributed by atoms with Crippen molar-refractivity contribution >= 4 is 11.8 Å². The first kappa shape index (κ1) is 14.0. The van der Waals surface area contributed by atoms with Gasteiger partial charge in [0.2, 0.25) is 0 Å². The van der Waals surface area contributed by atoms with Gasteiger partial charge < -0.3 is 5.32 Å². The summed E-state index contributed by atoms with van der Waals surface area (Å²) in [6.07, 6.45) is 2.77. The van der Waals surface area contributed by atoms with Gasteiger partial charge in [0, 0.05) is 6.04 Å². The van der Waals surface area contributed by atoms with Gasteiger partial charge in [-0.05, 0) is 48.3 Å². The Hall–Kier alpha value is -0.470. The summed E-state index contributed by atoms with van der Waals surface area (Å²) in [5.74, 6) is 4.23. The summed E-state index contributed by atoms with van der Waals surface area (Å²) in [5, 5.41) is 3.80. The van der Waals surface area contributed by atoms with Gasteiger partial charge in [0.05, 0.1) is 0 Å². The Morgan fingerprint density at radius 1 is 1.17 bits per heavy atom. The Labute approximate surface area is 116 Å². The third kappa shape index (κ3) is 4.03. The van der Waals surface area contributed by atoms with Crippen molar-refractivity contribution in [3.63, 3.8) is 0 Å². The minimum absolute atomic E-state index is 0.501. The molecule has 100 valence electrons. The molecule has 1 N–H and O–H groups in total. The fourth-order valence-corrected chi connectivity index (χ4v) is 3.85. The number of hydrogen-bond donors (Lipinski definition) is 1. The lowest BCUT2D eigenvalue weighted by molar-refractivity contribution is 0.358. The van der Waals surface area contributed by atoms with E-state index in [9.17, 15) is 0 Å². The molecule has 0 bridgehead atoms. The van der Waals surface area contributed by atoms with Gasteiger partial charge in [0.25, 0.3) is 0 Å². The quantitative estimate of drug-likeness (QED) is 0.858. The van der Waals surface area contributed by atoms with Gasteiger partial charge in [-0.15, -0.1) is 0 Å². The monoisotopic (exact) mass is 263 g/mol. The van der Waals surface area contributed by atoms with Crippen molar-refractivity contribution in [2.24, 2.45) is 11.8 Å². The second kappa shape index (κ2) is 7.20. The van der Waals surface area contributed by atoms with E-state index in [4.69, 9.17) is 0 Å². The molecule has 0 spiro atoms. The molecule has 1 saturated heterocycles. The van der Waals surface area contributed by atoms with Crippen molar-refractivity contribution in [3.8, 4) is 0 Å². The fourth-order valence-electron chi connectivity index (χ4n) is 2.64. The van der Waals surface area contributed by atoms with Crippen LogP contribution in [0.2, 0.25) is 0 Å². The molecule has 1 aromatic carbocycles. The van der Waals surface area contributed by atoms with E-state index in [1.54, 1.807) is 0 Å². The zero-order chi connectivity index (χ0) is 12.8. The lowest BCUT2D eigenvalue weighted by Crippen LogP contribution is -2.32. The fraction of sp³-hybridized carbons (Fsp3) is 0.625. The molecule has 1 unspecified atom stereocenters. The normalized spacial score (nSPS) is 19.1.